The Bertz CT molecular complexity index is 966. The van der Waals surface area contributed by atoms with E-state index in [2.05, 4.69) is 19.2 Å². The molecule has 2 unspecified atom stereocenters. The highest BCUT2D eigenvalue weighted by molar-refractivity contribution is 5.76. The van der Waals surface area contributed by atoms with Gasteiger partial charge in [0.1, 0.15) is 24.4 Å². The zero-order valence-corrected chi connectivity index (χ0v) is 39.9. The van der Waals surface area contributed by atoms with Crippen molar-refractivity contribution in [3.63, 3.8) is 0 Å². The van der Waals surface area contributed by atoms with Crippen LogP contribution in [0.3, 0.4) is 0 Å². The molecular formula is C52H101NO8. The van der Waals surface area contributed by atoms with Gasteiger partial charge in [-0.2, -0.15) is 0 Å². The maximum atomic E-state index is 13.0. The van der Waals surface area contributed by atoms with Crippen molar-refractivity contribution in [1.29, 1.82) is 0 Å². The Balaban J connectivity index is 2.26. The first-order chi connectivity index (χ1) is 29.8. The Hall–Kier alpha value is -1.07. The summed E-state index contributed by atoms with van der Waals surface area (Å²) in [6.07, 6.45) is 44.0. The van der Waals surface area contributed by atoms with Gasteiger partial charge in [0.05, 0.1) is 25.4 Å². The van der Waals surface area contributed by atoms with E-state index in [0.29, 0.717) is 6.42 Å². The number of allylic oxidation sites excluding steroid dienone is 1. The first-order valence-electron chi connectivity index (χ1n) is 26.4. The Morgan fingerprint density at radius 3 is 1.28 bits per heavy atom. The molecule has 7 atom stereocenters. The van der Waals surface area contributed by atoms with Gasteiger partial charge in [-0.15, -0.1) is 0 Å². The second-order valence-corrected chi connectivity index (χ2v) is 18.7. The third-order valence-corrected chi connectivity index (χ3v) is 12.9. The van der Waals surface area contributed by atoms with Crippen LogP contribution in [-0.4, -0.2) is 87.5 Å². The molecule has 0 spiro atoms. The van der Waals surface area contributed by atoms with Crippen molar-refractivity contribution in [2.75, 3.05) is 13.2 Å². The van der Waals surface area contributed by atoms with Gasteiger partial charge in [-0.3, -0.25) is 4.79 Å². The first-order valence-corrected chi connectivity index (χ1v) is 26.4. The van der Waals surface area contributed by atoms with Gasteiger partial charge in [-0.05, 0) is 19.3 Å². The lowest BCUT2D eigenvalue weighted by atomic mass is 9.99. The number of hydrogen-bond donors (Lipinski definition) is 6. The van der Waals surface area contributed by atoms with Crippen LogP contribution in [0.1, 0.15) is 258 Å². The number of nitrogens with one attached hydrogen (secondary N) is 1. The van der Waals surface area contributed by atoms with E-state index in [0.717, 1.165) is 38.5 Å². The van der Waals surface area contributed by atoms with E-state index in [1.165, 1.54) is 199 Å². The average molecular weight is 868 g/mol. The van der Waals surface area contributed by atoms with Crippen LogP contribution in [0.4, 0.5) is 0 Å². The molecule has 6 N–H and O–H groups in total. The summed E-state index contributed by atoms with van der Waals surface area (Å²) in [4.78, 5) is 13.0. The molecule has 0 aromatic heterocycles. The predicted octanol–water partition coefficient (Wildman–Crippen LogP) is 12.1. The van der Waals surface area contributed by atoms with E-state index in [1.807, 2.05) is 6.08 Å². The van der Waals surface area contributed by atoms with Crippen molar-refractivity contribution in [3.8, 4) is 0 Å². The van der Waals surface area contributed by atoms with Gasteiger partial charge >= 0.3 is 0 Å². The molecule has 1 saturated heterocycles. The van der Waals surface area contributed by atoms with Crippen molar-refractivity contribution in [3.05, 3.63) is 12.2 Å². The van der Waals surface area contributed by atoms with Crippen LogP contribution in [0.25, 0.3) is 0 Å². The van der Waals surface area contributed by atoms with Crippen molar-refractivity contribution < 1.29 is 39.8 Å². The molecule has 9 nitrogen and oxygen atoms in total. The molecule has 0 aliphatic carbocycles. The van der Waals surface area contributed by atoms with E-state index in [1.54, 1.807) is 6.08 Å². The van der Waals surface area contributed by atoms with Crippen LogP contribution in [0.2, 0.25) is 0 Å². The van der Waals surface area contributed by atoms with E-state index >= 15 is 0 Å². The number of amides is 1. The van der Waals surface area contributed by atoms with Crippen molar-refractivity contribution in [2.45, 2.75) is 301 Å². The van der Waals surface area contributed by atoms with Gasteiger partial charge in [-0.25, -0.2) is 0 Å². The summed E-state index contributed by atoms with van der Waals surface area (Å²) < 4.78 is 11.2. The third kappa shape index (κ3) is 33.1. The second-order valence-electron chi connectivity index (χ2n) is 18.7. The molecule has 1 amide bonds. The summed E-state index contributed by atoms with van der Waals surface area (Å²) in [6.45, 7) is 3.81. The Labute approximate surface area is 376 Å². The minimum absolute atomic E-state index is 0.171. The van der Waals surface area contributed by atoms with Crippen LogP contribution >= 0.6 is 0 Å². The lowest BCUT2D eigenvalue weighted by molar-refractivity contribution is -0.302. The quantitative estimate of drug-likeness (QED) is 0.0262. The summed E-state index contributed by atoms with van der Waals surface area (Å²) in [6, 6.07) is -0.799. The molecule has 1 rings (SSSR count). The molecule has 1 aliphatic rings. The largest absolute Gasteiger partial charge is 0.394 e. The van der Waals surface area contributed by atoms with E-state index in [4.69, 9.17) is 9.47 Å². The standard InChI is InChI=1S/C52H101NO8/c1-3-5-7-9-11-13-15-17-19-21-22-23-24-26-28-30-32-34-36-38-40-42-48(56)53-45(44-60-52-51(59)50(58)49(57)47(43-54)61-52)46(55)41-39-37-35-33-31-29-27-25-20-18-16-14-12-10-8-6-4-2/h39,41,45-47,49-52,54-55,57-59H,3-38,40,42-44H2,1-2H3,(H,53,56)/b41-39+/t45-,46+,47-,49-,50?,51?,52-/m0/s1. The highest BCUT2D eigenvalue weighted by Crippen LogP contribution is 2.23. The Morgan fingerprint density at radius 1 is 0.541 bits per heavy atom. The fourth-order valence-electron chi connectivity index (χ4n) is 8.63. The molecule has 1 heterocycles. The number of unbranched alkanes of at least 4 members (excludes halogenated alkanes) is 35. The van der Waals surface area contributed by atoms with Crippen molar-refractivity contribution in [2.24, 2.45) is 0 Å². The van der Waals surface area contributed by atoms with Crippen LogP contribution in [0, 0.1) is 0 Å². The normalized spacial score (nSPS) is 20.4. The number of aliphatic hydroxyl groups is 5. The molecule has 0 aromatic rings. The summed E-state index contributed by atoms with van der Waals surface area (Å²) in [5, 5.41) is 54.4. The van der Waals surface area contributed by atoms with E-state index < -0.39 is 49.5 Å². The highest BCUT2D eigenvalue weighted by atomic mass is 16.7. The molecule has 362 valence electrons. The Kier molecular flexibility index (Phi) is 40.7. The van der Waals surface area contributed by atoms with Gasteiger partial charge in [0, 0.05) is 6.42 Å². The van der Waals surface area contributed by atoms with Crippen LogP contribution < -0.4 is 5.32 Å². The molecule has 9 heteroatoms. The van der Waals surface area contributed by atoms with E-state index in [-0.39, 0.29) is 12.5 Å². The lowest BCUT2D eigenvalue weighted by Gasteiger charge is -2.40. The summed E-state index contributed by atoms with van der Waals surface area (Å²) in [5.74, 6) is -0.171. The number of ether oxygens (including phenoxy) is 2. The first kappa shape index (κ1) is 57.9. The number of carbonyl (C=O) groups excluding carboxylic acids is 1. The monoisotopic (exact) mass is 868 g/mol. The zero-order valence-electron chi connectivity index (χ0n) is 39.9. The maximum Gasteiger partial charge on any atom is 0.220 e. The third-order valence-electron chi connectivity index (χ3n) is 12.9. The predicted molar refractivity (Wildman–Crippen MR) is 254 cm³/mol. The van der Waals surface area contributed by atoms with Gasteiger partial charge in [0.2, 0.25) is 5.91 Å². The number of rotatable bonds is 45. The summed E-state index contributed by atoms with van der Waals surface area (Å²) >= 11 is 0. The van der Waals surface area contributed by atoms with E-state index in [9.17, 15) is 30.3 Å². The fraction of sp³-hybridized carbons (Fsp3) is 0.942. The highest BCUT2D eigenvalue weighted by Gasteiger charge is 2.44. The SMILES string of the molecule is CCCCCCCCCCCCCCCCC/C=C/[C@@H](O)[C@H](CO[C@H]1O[C@@H](CO)[C@H](O)C(O)C1O)NC(=O)CCCCCCCCCCCCCCCCCCCCCCC. The molecule has 0 bridgehead atoms. The van der Waals surface area contributed by atoms with Crippen LogP contribution in [0.15, 0.2) is 12.2 Å². The minimum atomic E-state index is -1.56. The topological polar surface area (TPSA) is 149 Å². The molecule has 1 fully saturated rings. The van der Waals surface area contributed by atoms with Gasteiger partial charge in [-0.1, -0.05) is 244 Å². The molecular weight excluding hydrogens is 767 g/mol. The number of carbonyl (C=O) groups is 1. The maximum absolute atomic E-state index is 13.0. The van der Waals surface area contributed by atoms with Crippen molar-refractivity contribution >= 4 is 5.91 Å². The number of hydrogen-bond acceptors (Lipinski definition) is 8. The second kappa shape index (κ2) is 42.9. The molecule has 0 radical (unpaired) electrons. The lowest BCUT2D eigenvalue weighted by Crippen LogP contribution is -2.60. The zero-order chi connectivity index (χ0) is 44.4. The Morgan fingerprint density at radius 2 is 0.902 bits per heavy atom. The molecule has 0 aromatic carbocycles. The van der Waals surface area contributed by atoms with Crippen molar-refractivity contribution in [1.82, 2.24) is 5.32 Å². The average Bonchev–Trinajstić information content (AvgIpc) is 3.26. The van der Waals surface area contributed by atoms with Gasteiger partial charge in [0.25, 0.3) is 0 Å². The molecule has 1 aliphatic heterocycles. The fourth-order valence-corrected chi connectivity index (χ4v) is 8.63. The molecule has 61 heavy (non-hydrogen) atoms. The number of aliphatic hydroxyl groups excluding tert-OH is 5. The summed E-state index contributed by atoms with van der Waals surface area (Å²) in [7, 11) is 0. The summed E-state index contributed by atoms with van der Waals surface area (Å²) in [5.41, 5.74) is 0. The minimum Gasteiger partial charge on any atom is -0.394 e. The van der Waals surface area contributed by atoms with Crippen LogP contribution in [-0.2, 0) is 14.3 Å². The van der Waals surface area contributed by atoms with Crippen LogP contribution in [0.5, 0.6) is 0 Å². The van der Waals surface area contributed by atoms with Gasteiger partial charge in [0.15, 0.2) is 6.29 Å². The smallest absolute Gasteiger partial charge is 0.220 e. The van der Waals surface area contributed by atoms with Gasteiger partial charge < -0.3 is 40.3 Å². The molecule has 0 saturated carbocycles.